The Morgan fingerprint density at radius 1 is 1.21 bits per heavy atom. The molecule has 0 aliphatic carbocycles. The van der Waals surface area contributed by atoms with Crippen molar-refractivity contribution in [1.82, 2.24) is 15.2 Å². The summed E-state index contributed by atoms with van der Waals surface area (Å²) in [7, 11) is 0. The molecule has 0 fully saturated rings. The lowest BCUT2D eigenvalue weighted by molar-refractivity contribution is -0.0498. The molecule has 150 valence electrons. The minimum atomic E-state index is -2.90. The van der Waals surface area contributed by atoms with Crippen LogP contribution < -0.4 is 15.7 Å². The number of nitrogens with zero attached hydrogens (tertiary/aromatic N) is 3. The summed E-state index contributed by atoms with van der Waals surface area (Å²) in [6.45, 7) is -0.599. The Bertz CT molecular complexity index is 1100. The van der Waals surface area contributed by atoms with E-state index in [9.17, 15) is 18.4 Å². The molecule has 7 nitrogen and oxygen atoms in total. The molecule has 9 heteroatoms. The first-order valence-corrected chi connectivity index (χ1v) is 8.87. The average molecular weight is 400 g/mol. The number of halogens is 2. The molecule has 0 saturated carbocycles. The molecule has 0 atom stereocenters. The highest BCUT2D eigenvalue weighted by molar-refractivity contribution is 6.04. The number of amides is 1. The molecule has 0 radical (unpaired) electrons. The van der Waals surface area contributed by atoms with Crippen LogP contribution in [0, 0.1) is 0 Å². The number of benzene rings is 2. The number of alkyl halides is 2. The Morgan fingerprint density at radius 2 is 1.90 bits per heavy atom. The average Bonchev–Trinajstić information content (AvgIpc) is 2.71. The predicted octanol–water partition coefficient (Wildman–Crippen LogP) is 3.17. The van der Waals surface area contributed by atoms with E-state index in [1.165, 1.54) is 35.2 Å². The van der Waals surface area contributed by atoms with Crippen molar-refractivity contribution in [3.05, 3.63) is 70.1 Å². The summed E-state index contributed by atoms with van der Waals surface area (Å²) >= 11 is 0. The second-order valence-corrected chi connectivity index (χ2v) is 6.07. The third-order valence-corrected chi connectivity index (χ3v) is 4.00. The fraction of sp³-hybridized carbons (Fsp3) is 0.200. The quantitative estimate of drug-likeness (QED) is 0.488. The van der Waals surface area contributed by atoms with E-state index in [1.54, 1.807) is 24.3 Å². The lowest BCUT2D eigenvalue weighted by Crippen LogP contribution is -2.29. The number of carbonyl (C=O) groups is 1. The zero-order valence-electron chi connectivity index (χ0n) is 15.5. The SMILES string of the molecule is CCCn1nc(C(=O)N/N=C/c2ccc(OC(F)F)cc2)c2ccccc2c1=O. The van der Waals surface area contributed by atoms with Gasteiger partial charge in [0.05, 0.1) is 11.6 Å². The normalized spacial score (nSPS) is 11.3. The Kier molecular flexibility index (Phi) is 6.28. The monoisotopic (exact) mass is 400 g/mol. The molecule has 3 rings (SSSR count). The van der Waals surface area contributed by atoms with E-state index in [-0.39, 0.29) is 17.0 Å². The zero-order chi connectivity index (χ0) is 20.8. The molecule has 1 heterocycles. The first kappa shape index (κ1) is 20.1. The maximum Gasteiger partial charge on any atom is 0.387 e. The van der Waals surface area contributed by atoms with Crippen LogP contribution in [0.2, 0.25) is 0 Å². The fourth-order valence-electron chi connectivity index (χ4n) is 2.72. The molecule has 2 aromatic carbocycles. The lowest BCUT2D eigenvalue weighted by atomic mass is 10.1. The first-order chi connectivity index (χ1) is 14.0. The number of nitrogens with one attached hydrogen (secondary N) is 1. The molecule has 0 saturated heterocycles. The standard InChI is InChI=1S/C20H18F2N4O3/c1-2-11-26-19(28)16-6-4-3-5-15(16)17(25-26)18(27)24-23-12-13-7-9-14(10-8-13)29-20(21)22/h3-10,12,20H,2,11H2,1H3,(H,24,27)/b23-12+. The van der Waals surface area contributed by atoms with E-state index in [0.717, 1.165) is 0 Å². The maximum atomic E-state index is 12.6. The number of fused-ring (bicyclic) bond motifs is 1. The van der Waals surface area contributed by atoms with Crippen molar-refractivity contribution in [3.63, 3.8) is 0 Å². The molecular formula is C20H18F2N4O3. The highest BCUT2D eigenvalue weighted by atomic mass is 19.3. The summed E-state index contributed by atoms with van der Waals surface area (Å²) < 4.78 is 29.9. The van der Waals surface area contributed by atoms with Gasteiger partial charge in [-0.05, 0) is 42.3 Å². The van der Waals surface area contributed by atoms with Gasteiger partial charge in [-0.2, -0.15) is 19.0 Å². The molecule has 0 unspecified atom stereocenters. The van der Waals surface area contributed by atoms with Crippen LogP contribution in [0.4, 0.5) is 8.78 Å². The van der Waals surface area contributed by atoms with Crippen LogP contribution in [-0.4, -0.2) is 28.5 Å². The van der Waals surface area contributed by atoms with E-state index in [0.29, 0.717) is 29.3 Å². The molecule has 0 bridgehead atoms. The first-order valence-electron chi connectivity index (χ1n) is 8.87. The molecular weight excluding hydrogens is 382 g/mol. The number of rotatable bonds is 7. The van der Waals surface area contributed by atoms with Crippen LogP contribution in [-0.2, 0) is 6.54 Å². The van der Waals surface area contributed by atoms with Crippen molar-refractivity contribution in [3.8, 4) is 5.75 Å². The van der Waals surface area contributed by atoms with Gasteiger partial charge in [0.15, 0.2) is 5.69 Å². The maximum absolute atomic E-state index is 12.6. The molecule has 3 aromatic rings. The predicted molar refractivity (Wildman–Crippen MR) is 104 cm³/mol. The largest absolute Gasteiger partial charge is 0.435 e. The second-order valence-electron chi connectivity index (χ2n) is 6.07. The minimum Gasteiger partial charge on any atom is -0.435 e. The van der Waals surface area contributed by atoms with Gasteiger partial charge in [0.2, 0.25) is 0 Å². The number of hydrazone groups is 1. The molecule has 1 amide bonds. The van der Waals surface area contributed by atoms with Crippen LogP contribution in [0.3, 0.4) is 0 Å². The van der Waals surface area contributed by atoms with E-state index in [1.807, 2.05) is 6.92 Å². The summed E-state index contributed by atoms with van der Waals surface area (Å²) in [6.07, 6.45) is 2.05. The second kappa shape index (κ2) is 9.05. The van der Waals surface area contributed by atoms with E-state index in [4.69, 9.17) is 0 Å². The summed E-state index contributed by atoms with van der Waals surface area (Å²) in [5.41, 5.74) is 2.78. The van der Waals surface area contributed by atoms with Crippen LogP contribution in [0.25, 0.3) is 10.8 Å². The number of aryl methyl sites for hydroxylation is 1. The Balaban J connectivity index is 1.80. The van der Waals surface area contributed by atoms with Crippen LogP contribution >= 0.6 is 0 Å². The van der Waals surface area contributed by atoms with Crippen LogP contribution in [0.5, 0.6) is 5.75 Å². The Labute approximate surface area is 164 Å². The van der Waals surface area contributed by atoms with Crippen molar-refractivity contribution in [2.45, 2.75) is 26.5 Å². The van der Waals surface area contributed by atoms with Gasteiger partial charge < -0.3 is 4.74 Å². The number of ether oxygens (including phenoxy) is 1. The molecule has 0 spiro atoms. The number of hydrogen-bond acceptors (Lipinski definition) is 5. The van der Waals surface area contributed by atoms with E-state index >= 15 is 0 Å². The van der Waals surface area contributed by atoms with Crippen molar-refractivity contribution in [1.29, 1.82) is 0 Å². The fourth-order valence-corrected chi connectivity index (χ4v) is 2.72. The third kappa shape index (κ3) is 4.81. The van der Waals surface area contributed by atoms with Gasteiger partial charge in [-0.3, -0.25) is 9.59 Å². The van der Waals surface area contributed by atoms with Gasteiger partial charge in [-0.15, -0.1) is 0 Å². The van der Waals surface area contributed by atoms with E-state index < -0.39 is 12.5 Å². The van der Waals surface area contributed by atoms with E-state index in [2.05, 4.69) is 20.4 Å². The lowest BCUT2D eigenvalue weighted by Gasteiger charge is -2.09. The molecule has 1 aromatic heterocycles. The minimum absolute atomic E-state index is 0.0232. The summed E-state index contributed by atoms with van der Waals surface area (Å²) in [4.78, 5) is 25.1. The highest BCUT2D eigenvalue weighted by Crippen LogP contribution is 2.15. The van der Waals surface area contributed by atoms with Crippen molar-refractivity contribution in [2.75, 3.05) is 0 Å². The van der Waals surface area contributed by atoms with Crippen molar-refractivity contribution < 1.29 is 18.3 Å². The molecule has 29 heavy (non-hydrogen) atoms. The summed E-state index contributed by atoms with van der Waals surface area (Å²) in [5, 5.41) is 8.90. The smallest absolute Gasteiger partial charge is 0.387 e. The highest BCUT2D eigenvalue weighted by Gasteiger charge is 2.16. The van der Waals surface area contributed by atoms with Gasteiger partial charge in [0.25, 0.3) is 11.5 Å². The Morgan fingerprint density at radius 3 is 2.55 bits per heavy atom. The zero-order valence-corrected chi connectivity index (χ0v) is 15.5. The van der Waals surface area contributed by atoms with Gasteiger partial charge in [-0.1, -0.05) is 25.1 Å². The Hall–Kier alpha value is -3.62. The van der Waals surface area contributed by atoms with Crippen LogP contribution in [0.15, 0.2) is 58.4 Å². The molecule has 1 N–H and O–H groups in total. The van der Waals surface area contributed by atoms with Gasteiger partial charge >= 0.3 is 6.61 Å². The third-order valence-electron chi connectivity index (χ3n) is 4.00. The van der Waals surface area contributed by atoms with Crippen molar-refractivity contribution >= 4 is 22.9 Å². The van der Waals surface area contributed by atoms with Crippen LogP contribution in [0.1, 0.15) is 29.4 Å². The van der Waals surface area contributed by atoms with Gasteiger partial charge in [0.1, 0.15) is 5.75 Å². The summed E-state index contributed by atoms with van der Waals surface area (Å²) in [6, 6.07) is 12.5. The van der Waals surface area contributed by atoms with Gasteiger partial charge in [-0.25, -0.2) is 10.1 Å². The number of carbonyl (C=O) groups excluding carboxylic acids is 1. The molecule has 0 aliphatic heterocycles. The number of hydrogen-bond donors (Lipinski definition) is 1. The number of aromatic nitrogens is 2. The van der Waals surface area contributed by atoms with Crippen molar-refractivity contribution in [2.24, 2.45) is 5.10 Å². The molecule has 0 aliphatic rings. The van der Waals surface area contributed by atoms with Gasteiger partial charge in [0, 0.05) is 11.9 Å². The summed E-state index contributed by atoms with van der Waals surface area (Å²) in [5.74, 6) is -0.546. The topological polar surface area (TPSA) is 85.6 Å².